The zero-order valence-electron chi connectivity index (χ0n) is 13.5. The Morgan fingerprint density at radius 2 is 1.56 bits per heavy atom. The van der Waals surface area contributed by atoms with Crippen molar-refractivity contribution in [2.45, 2.75) is 0 Å². The molecule has 7 heteroatoms. The van der Waals surface area contributed by atoms with E-state index in [1.807, 2.05) is 41.2 Å². The molecule has 0 bridgehead atoms. The summed E-state index contributed by atoms with van der Waals surface area (Å²) in [6, 6.07) is 17.6. The van der Waals surface area contributed by atoms with Crippen LogP contribution in [-0.2, 0) is 10.0 Å². The second-order valence-corrected chi connectivity index (χ2v) is 7.29. The first-order chi connectivity index (χ1) is 11.9. The van der Waals surface area contributed by atoms with E-state index in [9.17, 15) is 13.2 Å². The van der Waals surface area contributed by atoms with E-state index in [0.717, 1.165) is 11.9 Å². The molecule has 0 fully saturated rings. The van der Waals surface area contributed by atoms with Crippen molar-refractivity contribution in [3.63, 3.8) is 0 Å². The number of hydrogen-bond donors (Lipinski definition) is 2. The Hall–Kier alpha value is -3.06. The number of sulfonamides is 1. The first-order valence-electron chi connectivity index (χ1n) is 7.53. The highest BCUT2D eigenvalue weighted by molar-refractivity contribution is 7.92. The van der Waals surface area contributed by atoms with Crippen LogP contribution in [0.2, 0.25) is 0 Å². The third-order valence-corrected chi connectivity index (χ3v) is 4.06. The van der Waals surface area contributed by atoms with Gasteiger partial charge in [-0.3, -0.25) is 9.52 Å². The highest BCUT2D eigenvalue weighted by Gasteiger charge is 2.08. The van der Waals surface area contributed by atoms with Crippen molar-refractivity contribution in [3.8, 4) is 5.69 Å². The van der Waals surface area contributed by atoms with Crippen LogP contribution < -0.4 is 10.0 Å². The Labute approximate surface area is 146 Å². The van der Waals surface area contributed by atoms with Gasteiger partial charge in [-0.15, -0.1) is 0 Å². The Morgan fingerprint density at radius 1 is 0.920 bits per heavy atom. The molecule has 0 unspecified atom stereocenters. The lowest BCUT2D eigenvalue weighted by Gasteiger charge is -2.09. The number of carbonyl (C=O) groups is 1. The largest absolute Gasteiger partial charge is 0.324 e. The Morgan fingerprint density at radius 3 is 2.20 bits per heavy atom. The van der Waals surface area contributed by atoms with E-state index in [-0.39, 0.29) is 5.91 Å². The molecule has 0 saturated heterocycles. The maximum atomic E-state index is 12.4. The van der Waals surface area contributed by atoms with Crippen molar-refractivity contribution in [1.29, 1.82) is 0 Å². The Kier molecular flexibility index (Phi) is 4.58. The van der Waals surface area contributed by atoms with Crippen LogP contribution in [0.15, 0.2) is 73.1 Å². The fraction of sp³-hybridized carbons (Fsp3) is 0.0556. The summed E-state index contributed by atoms with van der Waals surface area (Å²) in [5.41, 5.74) is 2.44. The Balaban J connectivity index is 1.73. The maximum absolute atomic E-state index is 12.4. The molecule has 0 spiro atoms. The molecule has 2 N–H and O–H groups in total. The molecule has 1 heterocycles. The molecule has 0 aliphatic rings. The summed E-state index contributed by atoms with van der Waals surface area (Å²) in [5.74, 6) is -0.238. The molecule has 2 aromatic carbocycles. The SMILES string of the molecule is CS(=O)(=O)Nc1ccc(NC(=O)c2cccc(-n3cccc3)c2)cc1. The number of anilines is 2. The van der Waals surface area contributed by atoms with Crippen molar-refractivity contribution in [2.24, 2.45) is 0 Å². The van der Waals surface area contributed by atoms with Crippen molar-refractivity contribution >= 4 is 27.3 Å². The highest BCUT2D eigenvalue weighted by Crippen LogP contribution is 2.17. The molecule has 0 aliphatic heterocycles. The van der Waals surface area contributed by atoms with Crippen molar-refractivity contribution in [2.75, 3.05) is 16.3 Å². The molecule has 0 aliphatic carbocycles. The normalized spacial score (nSPS) is 11.1. The summed E-state index contributed by atoms with van der Waals surface area (Å²) in [6.45, 7) is 0. The highest BCUT2D eigenvalue weighted by atomic mass is 32.2. The summed E-state index contributed by atoms with van der Waals surface area (Å²) in [7, 11) is -3.32. The minimum atomic E-state index is -3.32. The van der Waals surface area contributed by atoms with Crippen LogP contribution in [0.5, 0.6) is 0 Å². The number of hydrogen-bond acceptors (Lipinski definition) is 3. The molecule has 1 amide bonds. The van der Waals surface area contributed by atoms with Gasteiger partial charge >= 0.3 is 0 Å². The lowest BCUT2D eigenvalue weighted by atomic mass is 10.1. The number of nitrogens with zero attached hydrogens (tertiary/aromatic N) is 1. The van der Waals surface area contributed by atoms with Gasteiger partial charge < -0.3 is 9.88 Å². The average Bonchev–Trinajstić information content (AvgIpc) is 3.10. The zero-order valence-corrected chi connectivity index (χ0v) is 14.3. The average molecular weight is 355 g/mol. The third kappa shape index (κ3) is 4.48. The summed E-state index contributed by atoms with van der Waals surface area (Å²) >= 11 is 0. The summed E-state index contributed by atoms with van der Waals surface area (Å²) in [6.07, 6.45) is 4.90. The lowest BCUT2D eigenvalue weighted by molar-refractivity contribution is 0.102. The van der Waals surface area contributed by atoms with Crippen LogP contribution >= 0.6 is 0 Å². The van der Waals surface area contributed by atoms with Crippen molar-refractivity contribution in [3.05, 3.63) is 78.6 Å². The van der Waals surface area contributed by atoms with Crippen LogP contribution in [0.4, 0.5) is 11.4 Å². The summed E-state index contributed by atoms with van der Waals surface area (Å²) < 4.78 is 26.7. The monoisotopic (exact) mass is 355 g/mol. The van der Waals surface area contributed by atoms with E-state index in [2.05, 4.69) is 10.0 Å². The molecule has 6 nitrogen and oxygen atoms in total. The topological polar surface area (TPSA) is 80.2 Å². The van der Waals surface area contributed by atoms with E-state index < -0.39 is 10.0 Å². The smallest absolute Gasteiger partial charge is 0.255 e. The number of nitrogens with one attached hydrogen (secondary N) is 2. The van der Waals surface area contributed by atoms with Gasteiger partial charge in [0.25, 0.3) is 5.91 Å². The second kappa shape index (κ2) is 6.82. The molecular weight excluding hydrogens is 338 g/mol. The predicted molar refractivity (Wildman–Crippen MR) is 98.6 cm³/mol. The van der Waals surface area contributed by atoms with Gasteiger partial charge in [0.2, 0.25) is 10.0 Å². The number of benzene rings is 2. The number of carbonyl (C=O) groups excluding carboxylic acids is 1. The molecule has 1 aromatic heterocycles. The quantitative estimate of drug-likeness (QED) is 0.738. The second-order valence-electron chi connectivity index (χ2n) is 5.55. The molecule has 0 radical (unpaired) electrons. The first kappa shape index (κ1) is 16.8. The number of aromatic nitrogens is 1. The molecule has 128 valence electrons. The van der Waals surface area contributed by atoms with E-state index in [0.29, 0.717) is 16.9 Å². The van der Waals surface area contributed by atoms with E-state index in [1.165, 1.54) is 0 Å². The molecule has 25 heavy (non-hydrogen) atoms. The van der Waals surface area contributed by atoms with Crippen LogP contribution in [0.25, 0.3) is 5.69 Å². The van der Waals surface area contributed by atoms with E-state index >= 15 is 0 Å². The number of amides is 1. The van der Waals surface area contributed by atoms with Gasteiger partial charge in [-0.05, 0) is 54.6 Å². The van der Waals surface area contributed by atoms with Gasteiger partial charge in [-0.25, -0.2) is 8.42 Å². The van der Waals surface area contributed by atoms with E-state index in [1.54, 1.807) is 36.4 Å². The Bertz CT molecular complexity index is 979. The van der Waals surface area contributed by atoms with Gasteiger partial charge in [0, 0.05) is 35.0 Å². The molecule has 0 saturated carbocycles. The predicted octanol–water partition coefficient (Wildman–Crippen LogP) is 3.10. The van der Waals surface area contributed by atoms with Gasteiger partial charge in [-0.1, -0.05) is 6.07 Å². The van der Waals surface area contributed by atoms with Crippen molar-refractivity contribution in [1.82, 2.24) is 4.57 Å². The van der Waals surface area contributed by atoms with Crippen LogP contribution in [0.3, 0.4) is 0 Å². The standard InChI is InChI=1S/C18H17N3O3S/c1-25(23,24)20-16-9-7-15(8-10-16)19-18(22)14-5-4-6-17(13-14)21-11-2-3-12-21/h2-13,20H,1H3,(H,19,22). The minimum absolute atomic E-state index is 0.238. The van der Waals surface area contributed by atoms with Crippen LogP contribution in [0, 0.1) is 0 Å². The van der Waals surface area contributed by atoms with Crippen LogP contribution in [-0.4, -0.2) is 25.1 Å². The zero-order chi connectivity index (χ0) is 17.9. The molecule has 0 atom stereocenters. The minimum Gasteiger partial charge on any atom is -0.324 e. The van der Waals surface area contributed by atoms with E-state index in [4.69, 9.17) is 0 Å². The first-order valence-corrected chi connectivity index (χ1v) is 9.42. The van der Waals surface area contributed by atoms with Gasteiger partial charge in [0.05, 0.1) is 6.26 Å². The third-order valence-electron chi connectivity index (χ3n) is 3.46. The molecule has 3 aromatic rings. The summed E-state index contributed by atoms with van der Waals surface area (Å²) in [4.78, 5) is 12.4. The maximum Gasteiger partial charge on any atom is 0.255 e. The van der Waals surface area contributed by atoms with Crippen LogP contribution in [0.1, 0.15) is 10.4 Å². The van der Waals surface area contributed by atoms with Gasteiger partial charge in [0.15, 0.2) is 0 Å². The fourth-order valence-corrected chi connectivity index (χ4v) is 2.92. The molecule has 3 rings (SSSR count). The lowest BCUT2D eigenvalue weighted by Crippen LogP contribution is -2.13. The number of rotatable bonds is 5. The van der Waals surface area contributed by atoms with Crippen molar-refractivity contribution < 1.29 is 13.2 Å². The molecular formula is C18H17N3O3S. The summed E-state index contributed by atoms with van der Waals surface area (Å²) in [5, 5.41) is 2.80. The van der Waals surface area contributed by atoms with Gasteiger partial charge in [0.1, 0.15) is 0 Å². The fourth-order valence-electron chi connectivity index (χ4n) is 2.35. The van der Waals surface area contributed by atoms with Gasteiger partial charge in [-0.2, -0.15) is 0 Å².